The molecule has 0 aliphatic rings. The van der Waals surface area contributed by atoms with Crippen LogP contribution in [0, 0.1) is 22.7 Å². The number of pyridine rings is 2. The SMILES string of the molecule is CC[C@H](C)[C@H](NC(=O)[C@H](CCCCN)NC(=O)[C@H](CCC(N)=O)NC(=O)CNC(=O)[C@H](C)NC(=O)[C@H](CCCCN(Cc1ccccn1)Cc1ccccn1)NC(=O)[C@H](CC(C)C)NC(=O)[C@H](CCCNC(=N)N)NC(=O)[C@H](Cc1ccccc1)NC(=O)[C@H](CC(N)=O)NC(=O)[C@@H](N)Cc1ccccc1)C(=O)N[C@@H](CCCNC(=N)N)C(=O)N[C@@H](Cc1ccccc1)C(=O)NCC(N)=O. The second-order valence-corrected chi connectivity index (χ2v) is 33.2. The number of nitrogens with zero attached hydrogens (tertiary/aromatic N) is 3. The molecule has 0 saturated carbocycles. The van der Waals surface area contributed by atoms with Crippen molar-refractivity contribution in [1.82, 2.24) is 94.6 Å². The highest BCUT2D eigenvalue weighted by Crippen LogP contribution is 2.18. The molecule has 31 N–H and O–H groups in total. The summed E-state index contributed by atoms with van der Waals surface area (Å²) < 4.78 is 0. The number of unbranched alkanes of at least 4 members (excludes halogenated alkanes) is 2. The molecule has 0 radical (unpaired) electrons. The second kappa shape index (κ2) is 60.1. The quantitative estimate of drug-likeness (QED) is 0.0103. The molecule has 730 valence electrons. The third kappa shape index (κ3) is 43.3. The van der Waals surface area contributed by atoms with E-state index in [1.165, 1.54) is 6.92 Å². The van der Waals surface area contributed by atoms with E-state index in [4.69, 9.17) is 51.0 Å². The molecular weight excluding hydrogens is 1730 g/mol. The summed E-state index contributed by atoms with van der Waals surface area (Å²) in [7, 11) is 0. The number of hydrogen-bond donors (Lipinski definition) is 24. The molecule has 2 aromatic heterocycles. The third-order valence-corrected chi connectivity index (χ3v) is 21.5. The molecule has 134 heavy (non-hydrogen) atoms. The van der Waals surface area contributed by atoms with E-state index in [2.05, 4.69) is 94.6 Å². The Kier molecular flexibility index (Phi) is 49.5. The highest BCUT2D eigenvalue weighted by atomic mass is 16.2. The maximum atomic E-state index is 15.1. The minimum Gasteiger partial charge on any atom is -0.370 e. The van der Waals surface area contributed by atoms with Gasteiger partial charge in [0.05, 0.1) is 36.9 Å². The fourth-order valence-corrected chi connectivity index (χ4v) is 14.1. The molecule has 43 nitrogen and oxygen atoms in total. The predicted octanol–water partition coefficient (Wildman–Crippen LogP) is -3.34. The van der Waals surface area contributed by atoms with E-state index in [0.717, 1.165) is 11.4 Å². The fraction of sp³-hybridized carbons (Fsp3) is 0.495. The monoisotopic (exact) mass is 1860 g/mol. The molecule has 43 heteroatoms. The number of guanidine groups is 2. The fourth-order valence-electron chi connectivity index (χ4n) is 14.1. The molecule has 0 aliphatic carbocycles. The summed E-state index contributed by atoms with van der Waals surface area (Å²) in [6, 6.07) is 19.6. The Morgan fingerprint density at radius 3 is 1.22 bits per heavy atom. The van der Waals surface area contributed by atoms with Crippen LogP contribution in [-0.4, -0.2) is 233 Å². The standard InChI is InChI=1S/C91H135N27O16/c1-6-56(4)77(89(134)112-67(37-25-44-104-91(99)100)83(128)115-70(80(125)105-51-75(96)121)48-59-28-12-8-13-29-59)117-85(130)65(34-16-20-40-92)109-84(129)68(38-39-73(94)119)108-76(122)52-106-78(123)57(5)107-81(126)64(35-19-23-45-118(53-61-32-17-21-41-101-61)54-62-33-18-22-42-102-62)110-86(131)69(46-55(2)3)114-82(127)66(36-24-43-103-90(97)98)111-87(132)71(49-60-30-14-9-15-31-60)116-88(133)72(50-74(95)120)113-79(124)63(93)47-58-26-10-7-11-27-58/h7-15,17-18,21-22,26-33,41-42,55-57,63-72,77H,6,16,19-20,23-25,34-40,43-54,92-93H2,1-5H3,(H2,94,119)(H2,95,120)(H2,96,121)(H,105,125)(H,106,123)(H,107,126)(H,108,122)(H,109,129)(H,110,131)(H,111,132)(H,112,134)(H,113,124)(H,114,127)(H,115,128)(H,116,133)(H,117,130)(H4,97,98,103)(H4,99,100,104)/t56-,57-,63-,64-,65-,66-,67-,68-,69-,70-,71-,72-,77-/m0/s1. The number of hydrogen-bond acceptors (Lipinski definition) is 23. The van der Waals surface area contributed by atoms with Crippen LogP contribution in [0.25, 0.3) is 0 Å². The Morgan fingerprint density at radius 1 is 0.373 bits per heavy atom. The molecule has 0 spiro atoms. The first-order chi connectivity index (χ1) is 63.9. The van der Waals surface area contributed by atoms with Gasteiger partial charge in [-0.3, -0.25) is 102 Å². The van der Waals surface area contributed by atoms with Crippen molar-refractivity contribution in [3.05, 3.63) is 168 Å². The van der Waals surface area contributed by atoms with Crippen LogP contribution in [0.4, 0.5) is 0 Å². The van der Waals surface area contributed by atoms with Gasteiger partial charge in [-0.25, -0.2) is 0 Å². The summed E-state index contributed by atoms with van der Waals surface area (Å²) >= 11 is 0. The largest absolute Gasteiger partial charge is 0.370 e. The Labute approximate surface area is 779 Å². The normalized spacial score (nSPS) is 13.9. The first-order valence-corrected chi connectivity index (χ1v) is 44.9. The van der Waals surface area contributed by atoms with Gasteiger partial charge in [-0.2, -0.15) is 0 Å². The van der Waals surface area contributed by atoms with Gasteiger partial charge in [-0.1, -0.05) is 137 Å². The van der Waals surface area contributed by atoms with Gasteiger partial charge in [0, 0.05) is 57.8 Å². The van der Waals surface area contributed by atoms with Crippen LogP contribution >= 0.6 is 0 Å². The summed E-state index contributed by atoms with van der Waals surface area (Å²) in [6.07, 6.45) is 2.87. The average molecular weight is 1860 g/mol. The van der Waals surface area contributed by atoms with E-state index in [-0.39, 0.29) is 115 Å². The average Bonchev–Trinajstić information content (AvgIpc) is 0.851. The number of carbonyl (C=O) groups is 16. The van der Waals surface area contributed by atoms with Crippen molar-refractivity contribution in [3.63, 3.8) is 0 Å². The first kappa shape index (κ1) is 110. The van der Waals surface area contributed by atoms with Crippen LogP contribution in [-0.2, 0) is 109 Å². The van der Waals surface area contributed by atoms with Crippen LogP contribution in [0.2, 0.25) is 0 Å². The Balaban J connectivity index is 1.39. The van der Waals surface area contributed by atoms with Crippen LogP contribution in [0.15, 0.2) is 140 Å². The summed E-state index contributed by atoms with van der Waals surface area (Å²) in [5.74, 6) is -16.1. The van der Waals surface area contributed by atoms with E-state index >= 15 is 4.79 Å². The molecule has 0 fully saturated rings. The topological polar surface area (TPSA) is 712 Å². The molecule has 0 saturated heterocycles. The minimum atomic E-state index is -1.63. The minimum absolute atomic E-state index is 0.0287. The second-order valence-electron chi connectivity index (χ2n) is 33.2. The lowest BCUT2D eigenvalue weighted by molar-refractivity contribution is -0.136. The predicted molar refractivity (Wildman–Crippen MR) is 499 cm³/mol. The molecule has 16 amide bonds. The van der Waals surface area contributed by atoms with Crippen molar-refractivity contribution in [2.24, 2.45) is 52.0 Å². The maximum absolute atomic E-state index is 15.1. The Morgan fingerprint density at radius 2 is 0.769 bits per heavy atom. The number of amides is 16. The number of rotatable bonds is 63. The lowest BCUT2D eigenvalue weighted by Gasteiger charge is -2.29. The molecule has 13 atom stereocenters. The highest BCUT2D eigenvalue weighted by molar-refractivity contribution is 6.01. The number of benzene rings is 3. The van der Waals surface area contributed by atoms with Crippen LogP contribution < -0.4 is 120 Å². The number of nitrogens with one attached hydrogen (secondary N) is 17. The summed E-state index contributed by atoms with van der Waals surface area (Å²) in [4.78, 5) is 235. The molecule has 2 heterocycles. The van der Waals surface area contributed by atoms with E-state index in [1.54, 1.807) is 143 Å². The molecule has 0 bridgehead atoms. The number of primary amides is 3. The van der Waals surface area contributed by atoms with E-state index in [1.807, 2.05) is 24.3 Å². The van der Waals surface area contributed by atoms with E-state index in [0.29, 0.717) is 49.2 Å². The lowest BCUT2D eigenvalue weighted by Crippen LogP contribution is -2.61. The first-order valence-electron chi connectivity index (χ1n) is 44.9. The number of nitrogens with two attached hydrogens (primary N) is 7. The van der Waals surface area contributed by atoms with Gasteiger partial charge in [-0.15, -0.1) is 0 Å². The van der Waals surface area contributed by atoms with E-state index < -0.39 is 211 Å². The van der Waals surface area contributed by atoms with Crippen LogP contribution in [0.3, 0.4) is 0 Å². The molecule has 5 aromatic rings. The third-order valence-electron chi connectivity index (χ3n) is 21.5. The summed E-state index contributed by atoms with van der Waals surface area (Å²) in [5, 5.41) is 54.7. The van der Waals surface area contributed by atoms with Gasteiger partial charge in [-0.05, 0) is 156 Å². The van der Waals surface area contributed by atoms with Gasteiger partial charge in [0.2, 0.25) is 94.5 Å². The summed E-state index contributed by atoms with van der Waals surface area (Å²) in [6.45, 7) is 8.33. The zero-order valence-electron chi connectivity index (χ0n) is 76.7. The molecular formula is C91H135N27O16. The van der Waals surface area contributed by atoms with Crippen molar-refractivity contribution in [2.75, 3.05) is 39.3 Å². The summed E-state index contributed by atoms with van der Waals surface area (Å²) in [5.41, 5.74) is 43.1. The molecule has 3 aromatic carbocycles. The van der Waals surface area contributed by atoms with Gasteiger partial charge in [0.15, 0.2) is 11.9 Å². The van der Waals surface area contributed by atoms with Crippen molar-refractivity contribution < 1.29 is 76.7 Å². The smallest absolute Gasteiger partial charge is 0.243 e. The highest BCUT2D eigenvalue weighted by Gasteiger charge is 2.38. The van der Waals surface area contributed by atoms with Crippen LogP contribution in [0.1, 0.15) is 159 Å². The number of aromatic nitrogens is 2. The van der Waals surface area contributed by atoms with Crippen molar-refractivity contribution in [1.29, 1.82) is 10.8 Å². The Bertz CT molecular complexity index is 4600. The zero-order chi connectivity index (χ0) is 98.6. The maximum Gasteiger partial charge on any atom is 0.243 e. The van der Waals surface area contributed by atoms with Gasteiger partial charge in [0.25, 0.3) is 0 Å². The van der Waals surface area contributed by atoms with Crippen molar-refractivity contribution in [2.45, 2.75) is 236 Å². The van der Waals surface area contributed by atoms with Crippen LogP contribution in [0.5, 0.6) is 0 Å². The molecule has 5 rings (SSSR count). The number of carbonyl (C=O) groups excluding carboxylic acids is 16. The van der Waals surface area contributed by atoms with E-state index in [9.17, 15) is 71.9 Å². The molecule has 0 aliphatic heterocycles. The van der Waals surface area contributed by atoms with Gasteiger partial charge < -0.3 is 120 Å². The lowest BCUT2D eigenvalue weighted by atomic mass is 9.96. The van der Waals surface area contributed by atoms with Crippen molar-refractivity contribution >= 4 is 106 Å². The molecule has 0 unspecified atom stereocenters. The Hall–Kier alpha value is -14.1. The van der Waals surface area contributed by atoms with Gasteiger partial charge in [0.1, 0.15) is 66.5 Å². The van der Waals surface area contributed by atoms with Gasteiger partial charge >= 0.3 is 0 Å². The van der Waals surface area contributed by atoms with Crippen molar-refractivity contribution in [3.8, 4) is 0 Å². The zero-order valence-corrected chi connectivity index (χ0v) is 76.7.